The molecule has 0 heterocycles. The third-order valence-electron chi connectivity index (χ3n) is 0.458. The predicted octanol–water partition coefficient (Wildman–Crippen LogP) is -0.651. The molecule has 1 unspecified atom stereocenters. The molecule has 6 nitrogen and oxygen atoms in total. The van der Waals surface area contributed by atoms with Crippen LogP contribution in [0.2, 0.25) is 0 Å². The summed E-state index contributed by atoms with van der Waals surface area (Å²) in [4.78, 5) is 0. The molecule has 64 valence electrons. The van der Waals surface area contributed by atoms with E-state index in [1.54, 1.807) is 0 Å². The monoisotopic (exact) mass is 173 g/mol. The number of hydrogen-bond donors (Lipinski definition) is 3. The molecule has 0 aromatic rings. The van der Waals surface area contributed by atoms with E-state index < -0.39 is 23.1 Å². The van der Waals surface area contributed by atoms with Crippen LogP contribution in [0.25, 0.3) is 0 Å². The summed E-state index contributed by atoms with van der Waals surface area (Å²) in [7, 11) is -4.38. The molecule has 0 aromatic carbocycles. The lowest BCUT2D eigenvalue weighted by molar-refractivity contribution is 0.117. The molecule has 1 atom stereocenters. The lowest BCUT2D eigenvalue weighted by Crippen LogP contribution is -2.14. The van der Waals surface area contributed by atoms with Crippen LogP contribution in [-0.4, -0.2) is 30.8 Å². The molecule has 0 aliphatic rings. The summed E-state index contributed by atoms with van der Waals surface area (Å²) in [5.74, 6) is 0. The number of aliphatic hydroxyl groups excluding tert-OH is 1. The Labute approximate surface area is 59.4 Å². The van der Waals surface area contributed by atoms with E-state index in [-0.39, 0.29) is 6.15 Å². The third-order valence-corrected chi connectivity index (χ3v) is 0.892. The lowest BCUT2D eigenvalue weighted by atomic mass is 10.5. The van der Waals surface area contributed by atoms with Gasteiger partial charge in [0.1, 0.15) is 0 Å². The SMILES string of the molecule is CC(O)COS(=O)(=O)O.N. The van der Waals surface area contributed by atoms with Crippen molar-refractivity contribution in [2.45, 2.75) is 13.0 Å². The van der Waals surface area contributed by atoms with Gasteiger partial charge in [-0.15, -0.1) is 0 Å². The normalized spacial score (nSPS) is 13.9. The molecule has 0 saturated heterocycles. The van der Waals surface area contributed by atoms with Crippen molar-refractivity contribution in [3.63, 3.8) is 0 Å². The second kappa shape index (κ2) is 4.58. The van der Waals surface area contributed by atoms with Crippen LogP contribution in [0.15, 0.2) is 0 Å². The molecule has 0 aromatic heterocycles. The van der Waals surface area contributed by atoms with E-state index in [1.165, 1.54) is 6.92 Å². The molecule has 0 bridgehead atoms. The molecule has 0 radical (unpaired) electrons. The Morgan fingerprint density at radius 1 is 1.60 bits per heavy atom. The van der Waals surface area contributed by atoms with Crippen LogP contribution in [0, 0.1) is 0 Å². The van der Waals surface area contributed by atoms with Crippen LogP contribution in [0.3, 0.4) is 0 Å². The van der Waals surface area contributed by atoms with Crippen molar-refractivity contribution in [3.05, 3.63) is 0 Å². The van der Waals surface area contributed by atoms with Crippen LogP contribution in [-0.2, 0) is 14.6 Å². The fourth-order valence-corrected chi connectivity index (χ4v) is 0.553. The summed E-state index contributed by atoms with van der Waals surface area (Å²) in [6.45, 7) is 0.921. The minimum absolute atomic E-state index is 0. The largest absolute Gasteiger partial charge is 0.397 e. The first-order valence-corrected chi connectivity index (χ1v) is 3.58. The third kappa shape index (κ3) is 10.7. The molecular weight excluding hydrogens is 162 g/mol. The summed E-state index contributed by atoms with van der Waals surface area (Å²) < 4.78 is 31.2. The summed E-state index contributed by atoms with van der Waals surface area (Å²) in [6, 6.07) is 0. The van der Waals surface area contributed by atoms with E-state index in [2.05, 4.69) is 4.18 Å². The van der Waals surface area contributed by atoms with Gasteiger partial charge >= 0.3 is 10.4 Å². The van der Waals surface area contributed by atoms with Gasteiger partial charge in [0, 0.05) is 0 Å². The molecule has 0 fully saturated rings. The van der Waals surface area contributed by atoms with E-state index >= 15 is 0 Å². The minimum atomic E-state index is -4.38. The van der Waals surface area contributed by atoms with Crippen LogP contribution >= 0.6 is 0 Å². The first-order valence-electron chi connectivity index (χ1n) is 2.22. The summed E-state index contributed by atoms with van der Waals surface area (Å²) in [6.07, 6.45) is -0.896. The van der Waals surface area contributed by atoms with Crippen LogP contribution in [0.1, 0.15) is 6.92 Å². The smallest absolute Gasteiger partial charge is 0.391 e. The van der Waals surface area contributed by atoms with Crippen molar-refractivity contribution in [2.24, 2.45) is 0 Å². The number of rotatable bonds is 3. The van der Waals surface area contributed by atoms with Crippen LogP contribution in [0.5, 0.6) is 0 Å². The number of aliphatic hydroxyl groups is 1. The molecular formula is C3H11NO5S. The Kier molecular flexibility index (Phi) is 5.71. The zero-order valence-electron chi connectivity index (χ0n) is 5.52. The fourth-order valence-electron chi connectivity index (χ4n) is 0.184. The van der Waals surface area contributed by atoms with Crippen molar-refractivity contribution in [1.82, 2.24) is 6.15 Å². The number of hydrogen-bond acceptors (Lipinski definition) is 5. The average Bonchev–Trinajstić information content (AvgIpc) is 1.59. The molecule has 0 spiro atoms. The van der Waals surface area contributed by atoms with Gasteiger partial charge in [-0.25, -0.2) is 4.18 Å². The Hall–Kier alpha value is -0.210. The molecule has 0 aliphatic carbocycles. The van der Waals surface area contributed by atoms with Crippen molar-refractivity contribution in [2.75, 3.05) is 6.61 Å². The van der Waals surface area contributed by atoms with Gasteiger partial charge in [-0.05, 0) is 6.92 Å². The van der Waals surface area contributed by atoms with Crippen molar-refractivity contribution in [1.29, 1.82) is 0 Å². The summed E-state index contributed by atoms with van der Waals surface area (Å²) >= 11 is 0. The second-order valence-corrected chi connectivity index (χ2v) is 2.65. The summed E-state index contributed by atoms with van der Waals surface area (Å²) in [5.41, 5.74) is 0. The summed E-state index contributed by atoms with van der Waals surface area (Å²) in [5, 5.41) is 8.42. The van der Waals surface area contributed by atoms with Gasteiger partial charge in [0.15, 0.2) is 0 Å². The second-order valence-electron chi connectivity index (χ2n) is 1.56. The van der Waals surface area contributed by atoms with Gasteiger partial charge in [-0.3, -0.25) is 4.55 Å². The highest BCUT2D eigenvalue weighted by Gasteiger charge is 2.05. The molecule has 7 heteroatoms. The van der Waals surface area contributed by atoms with Gasteiger partial charge < -0.3 is 11.3 Å². The highest BCUT2D eigenvalue weighted by molar-refractivity contribution is 7.80. The van der Waals surface area contributed by atoms with E-state index in [1.807, 2.05) is 0 Å². The first-order chi connectivity index (χ1) is 3.92. The zero-order valence-corrected chi connectivity index (χ0v) is 6.34. The van der Waals surface area contributed by atoms with Crippen molar-refractivity contribution < 1.29 is 22.3 Å². The molecule has 5 N–H and O–H groups in total. The highest BCUT2D eigenvalue weighted by Crippen LogP contribution is 1.88. The van der Waals surface area contributed by atoms with E-state index in [0.717, 1.165) is 0 Å². The van der Waals surface area contributed by atoms with Gasteiger partial charge in [0.2, 0.25) is 0 Å². The highest BCUT2D eigenvalue weighted by atomic mass is 32.3. The molecule has 0 aliphatic heterocycles. The first kappa shape index (κ1) is 12.5. The molecule has 0 rings (SSSR count). The fraction of sp³-hybridized carbons (Fsp3) is 1.00. The minimum Gasteiger partial charge on any atom is -0.391 e. The predicted molar refractivity (Wildman–Crippen MR) is 34.2 cm³/mol. The Morgan fingerprint density at radius 3 is 2.10 bits per heavy atom. The molecule has 10 heavy (non-hydrogen) atoms. The van der Waals surface area contributed by atoms with Gasteiger partial charge in [0.25, 0.3) is 0 Å². The Bertz CT molecular complexity index is 162. The van der Waals surface area contributed by atoms with Crippen LogP contribution < -0.4 is 6.15 Å². The maximum atomic E-state index is 9.76. The van der Waals surface area contributed by atoms with Gasteiger partial charge in [-0.2, -0.15) is 8.42 Å². The Balaban J connectivity index is 0. The van der Waals surface area contributed by atoms with Crippen molar-refractivity contribution in [3.8, 4) is 0 Å². The van der Waals surface area contributed by atoms with Crippen LogP contribution in [0.4, 0.5) is 0 Å². The lowest BCUT2D eigenvalue weighted by Gasteiger charge is -2.00. The quantitative estimate of drug-likeness (QED) is 0.488. The maximum Gasteiger partial charge on any atom is 0.397 e. The molecule has 0 saturated carbocycles. The standard InChI is InChI=1S/C3H8O5S.H3N/c1-3(4)2-8-9(5,6)7;/h3-4H,2H2,1H3,(H,5,6,7);1H3. The van der Waals surface area contributed by atoms with Gasteiger partial charge in [0.05, 0.1) is 12.7 Å². The van der Waals surface area contributed by atoms with E-state index in [0.29, 0.717) is 0 Å². The topological polar surface area (TPSA) is 119 Å². The van der Waals surface area contributed by atoms with E-state index in [4.69, 9.17) is 9.66 Å². The van der Waals surface area contributed by atoms with Crippen molar-refractivity contribution >= 4 is 10.4 Å². The Morgan fingerprint density at radius 2 is 2.00 bits per heavy atom. The van der Waals surface area contributed by atoms with Gasteiger partial charge in [-0.1, -0.05) is 0 Å². The molecule has 0 amide bonds. The zero-order chi connectivity index (χ0) is 7.49. The maximum absolute atomic E-state index is 9.76. The average molecular weight is 173 g/mol. The van der Waals surface area contributed by atoms with E-state index in [9.17, 15) is 8.42 Å².